The second-order valence-corrected chi connectivity index (χ2v) is 7.41. The molecule has 4 heteroatoms. The van der Waals surface area contributed by atoms with Gasteiger partial charge < -0.3 is 0 Å². The van der Waals surface area contributed by atoms with Gasteiger partial charge in [0.15, 0.2) is 0 Å². The Morgan fingerprint density at radius 3 is 2.61 bits per heavy atom. The van der Waals surface area contributed by atoms with Crippen LogP contribution in [0.3, 0.4) is 0 Å². The number of rotatable bonds is 5. The second-order valence-electron chi connectivity index (χ2n) is 5.56. The van der Waals surface area contributed by atoms with E-state index >= 15 is 0 Å². The third kappa shape index (κ3) is 5.38. The summed E-state index contributed by atoms with van der Waals surface area (Å²) in [5, 5.41) is 0. The highest BCUT2D eigenvalue weighted by Gasteiger charge is 2.16. The Labute approximate surface area is 113 Å². The van der Waals surface area contributed by atoms with Crippen molar-refractivity contribution >= 4 is 11.8 Å². The fourth-order valence-corrected chi connectivity index (χ4v) is 2.56. The molecule has 0 amide bonds. The predicted octanol–water partition coefficient (Wildman–Crippen LogP) is 3.04. The van der Waals surface area contributed by atoms with E-state index in [1.54, 1.807) is 6.07 Å². The Hall–Kier alpha value is -0.580. The molecule has 0 radical (unpaired) electrons. The summed E-state index contributed by atoms with van der Waals surface area (Å²) in [4.78, 5) is 0. The first-order valence-corrected chi connectivity index (χ1v) is 7.15. The van der Waals surface area contributed by atoms with Gasteiger partial charge in [0.05, 0.1) is 0 Å². The third-order valence-electron chi connectivity index (χ3n) is 2.73. The van der Waals surface area contributed by atoms with Crippen LogP contribution in [0.1, 0.15) is 31.9 Å². The van der Waals surface area contributed by atoms with Gasteiger partial charge in [-0.3, -0.25) is 11.3 Å². The number of hydrogen-bond donors (Lipinski definition) is 2. The van der Waals surface area contributed by atoms with E-state index < -0.39 is 0 Å². The minimum atomic E-state index is -0.185. The molecule has 0 aliphatic heterocycles. The lowest BCUT2D eigenvalue weighted by Crippen LogP contribution is -2.39. The molecule has 1 unspecified atom stereocenters. The molecule has 18 heavy (non-hydrogen) atoms. The highest BCUT2D eigenvalue weighted by atomic mass is 32.2. The van der Waals surface area contributed by atoms with Gasteiger partial charge in [0, 0.05) is 16.5 Å². The van der Waals surface area contributed by atoms with Crippen LogP contribution in [0.4, 0.5) is 4.39 Å². The average Bonchev–Trinajstić information content (AvgIpc) is 2.27. The van der Waals surface area contributed by atoms with Crippen molar-refractivity contribution in [3.63, 3.8) is 0 Å². The van der Waals surface area contributed by atoms with E-state index in [1.807, 2.05) is 24.8 Å². The number of aryl methyl sites for hydroxylation is 1. The van der Waals surface area contributed by atoms with Gasteiger partial charge in [0.1, 0.15) is 5.82 Å². The minimum absolute atomic E-state index is 0.162. The lowest BCUT2D eigenvalue weighted by Gasteiger charge is -2.23. The van der Waals surface area contributed by atoms with Gasteiger partial charge in [-0.05, 0) is 36.6 Å². The number of hydrogen-bond acceptors (Lipinski definition) is 3. The highest BCUT2D eigenvalue weighted by molar-refractivity contribution is 8.00. The summed E-state index contributed by atoms with van der Waals surface area (Å²) in [5.41, 5.74) is 4.96. The molecule has 2 nitrogen and oxygen atoms in total. The van der Waals surface area contributed by atoms with Gasteiger partial charge in [0.25, 0.3) is 0 Å². The van der Waals surface area contributed by atoms with Crippen LogP contribution in [0, 0.1) is 12.7 Å². The van der Waals surface area contributed by atoms with Crippen molar-refractivity contribution in [2.24, 2.45) is 5.84 Å². The van der Waals surface area contributed by atoms with Crippen LogP contribution in [-0.2, 0) is 6.42 Å². The number of benzene rings is 1. The monoisotopic (exact) mass is 270 g/mol. The zero-order valence-electron chi connectivity index (χ0n) is 11.6. The summed E-state index contributed by atoms with van der Waals surface area (Å²) >= 11 is 1.86. The molecule has 1 atom stereocenters. The summed E-state index contributed by atoms with van der Waals surface area (Å²) in [6.07, 6.45) is 0.753. The smallest absolute Gasteiger partial charge is 0.123 e. The number of hydrazine groups is 1. The zero-order valence-corrected chi connectivity index (χ0v) is 12.4. The van der Waals surface area contributed by atoms with Crippen LogP contribution < -0.4 is 11.3 Å². The lowest BCUT2D eigenvalue weighted by atomic mass is 10.0. The average molecular weight is 270 g/mol. The van der Waals surface area contributed by atoms with E-state index in [9.17, 15) is 4.39 Å². The van der Waals surface area contributed by atoms with Crippen molar-refractivity contribution < 1.29 is 4.39 Å². The fraction of sp³-hybridized carbons (Fsp3) is 0.571. The summed E-state index contributed by atoms with van der Waals surface area (Å²) in [5.74, 6) is 6.31. The highest BCUT2D eigenvalue weighted by Crippen LogP contribution is 2.24. The van der Waals surface area contributed by atoms with Crippen LogP contribution in [0.15, 0.2) is 18.2 Å². The van der Waals surface area contributed by atoms with Crippen molar-refractivity contribution in [2.45, 2.75) is 44.9 Å². The predicted molar refractivity (Wildman–Crippen MR) is 78.2 cm³/mol. The Kier molecular flexibility index (Phi) is 5.63. The van der Waals surface area contributed by atoms with Gasteiger partial charge in [-0.25, -0.2) is 4.39 Å². The molecule has 0 bridgehead atoms. The first-order valence-electron chi connectivity index (χ1n) is 6.17. The molecule has 0 saturated carbocycles. The molecule has 0 aliphatic carbocycles. The summed E-state index contributed by atoms with van der Waals surface area (Å²) in [6.45, 7) is 8.54. The normalized spacial score (nSPS) is 13.7. The molecule has 0 aliphatic rings. The molecule has 1 rings (SSSR count). The fourth-order valence-electron chi connectivity index (χ4n) is 1.64. The third-order valence-corrected chi connectivity index (χ3v) is 4.17. The molecular formula is C14H23FN2S. The topological polar surface area (TPSA) is 38.0 Å². The molecular weight excluding hydrogens is 247 g/mol. The molecule has 0 fully saturated rings. The maximum Gasteiger partial charge on any atom is 0.123 e. The maximum absolute atomic E-state index is 13.2. The molecule has 1 aromatic rings. The minimum Gasteiger partial charge on any atom is -0.271 e. The Balaban J connectivity index is 2.65. The number of thioether (sulfide) groups is 1. The summed E-state index contributed by atoms with van der Waals surface area (Å²) in [6, 6.07) is 5.07. The van der Waals surface area contributed by atoms with Gasteiger partial charge >= 0.3 is 0 Å². The van der Waals surface area contributed by atoms with E-state index in [0.717, 1.165) is 23.3 Å². The lowest BCUT2D eigenvalue weighted by molar-refractivity contribution is 0.567. The van der Waals surface area contributed by atoms with Gasteiger partial charge in [-0.1, -0.05) is 26.8 Å². The van der Waals surface area contributed by atoms with Crippen LogP contribution >= 0.6 is 11.8 Å². The summed E-state index contributed by atoms with van der Waals surface area (Å²) in [7, 11) is 0. The SMILES string of the molecule is Cc1ccc(F)cc1CC(CSC(C)(C)C)NN. The van der Waals surface area contributed by atoms with Crippen LogP contribution in [0.5, 0.6) is 0 Å². The first kappa shape index (κ1) is 15.5. The van der Waals surface area contributed by atoms with Crippen LogP contribution in [-0.4, -0.2) is 16.5 Å². The largest absolute Gasteiger partial charge is 0.271 e. The van der Waals surface area contributed by atoms with E-state index in [4.69, 9.17) is 5.84 Å². The van der Waals surface area contributed by atoms with Crippen molar-refractivity contribution in [2.75, 3.05) is 5.75 Å². The number of nitrogens with two attached hydrogens (primary N) is 1. The van der Waals surface area contributed by atoms with Gasteiger partial charge in [-0.2, -0.15) is 11.8 Å². The van der Waals surface area contributed by atoms with Crippen LogP contribution in [0.25, 0.3) is 0 Å². The van der Waals surface area contributed by atoms with Crippen molar-refractivity contribution in [3.8, 4) is 0 Å². The molecule has 1 aromatic carbocycles. The van der Waals surface area contributed by atoms with Crippen molar-refractivity contribution in [3.05, 3.63) is 35.1 Å². The molecule has 0 spiro atoms. The molecule has 3 N–H and O–H groups in total. The molecule has 102 valence electrons. The molecule has 0 aromatic heterocycles. The second kappa shape index (κ2) is 6.55. The Morgan fingerprint density at radius 1 is 1.39 bits per heavy atom. The van der Waals surface area contributed by atoms with Crippen LogP contribution in [0.2, 0.25) is 0 Å². The van der Waals surface area contributed by atoms with E-state index in [1.165, 1.54) is 6.07 Å². The van der Waals surface area contributed by atoms with Gasteiger partial charge in [-0.15, -0.1) is 0 Å². The molecule has 0 saturated heterocycles. The van der Waals surface area contributed by atoms with E-state index in [2.05, 4.69) is 26.2 Å². The summed E-state index contributed by atoms with van der Waals surface area (Å²) < 4.78 is 13.4. The first-order chi connectivity index (χ1) is 8.31. The van der Waals surface area contributed by atoms with Crippen molar-refractivity contribution in [1.29, 1.82) is 0 Å². The standard InChI is InChI=1S/C14H23FN2S/c1-10-5-6-12(15)7-11(10)8-13(17-16)9-18-14(2,3)4/h5-7,13,17H,8-9,16H2,1-4H3. The Bertz CT molecular complexity index is 388. The Morgan fingerprint density at radius 2 is 2.06 bits per heavy atom. The van der Waals surface area contributed by atoms with E-state index in [0.29, 0.717) is 0 Å². The zero-order chi connectivity index (χ0) is 13.8. The van der Waals surface area contributed by atoms with E-state index in [-0.39, 0.29) is 16.6 Å². The van der Waals surface area contributed by atoms with Gasteiger partial charge in [0.2, 0.25) is 0 Å². The maximum atomic E-state index is 13.2. The quantitative estimate of drug-likeness (QED) is 0.638. The molecule has 0 heterocycles. The number of nitrogens with one attached hydrogen (secondary N) is 1. The van der Waals surface area contributed by atoms with Crippen molar-refractivity contribution in [1.82, 2.24) is 5.43 Å². The number of halogens is 1.